The Balaban J connectivity index is 2.09. The van der Waals surface area contributed by atoms with E-state index in [2.05, 4.69) is 22.0 Å². The molecule has 2 unspecified atom stereocenters. The van der Waals surface area contributed by atoms with E-state index in [1.807, 2.05) is 25.1 Å². The van der Waals surface area contributed by atoms with Gasteiger partial charge in [0.05, 0.1) is 6.61 Å². The highest BCUT2D eigenvalue weighted by Gasteiger charge is 2.37. The van der Waals surface area contributed by atoms with Gasteiger partial charge in [-0.05, 0) is 31.2 Å². The molecule has 0 bridgehead atoms. The van der Waals surface area contributed by atoms with E-state index in [1.54, 1.807) is 0 Å². The summed E-state index contributed by atoms with van der Waals surface area (Å²) in [6, 6.07) is 8.11. The topological polar surface area (TPSA) is 44.5 Å². The number of benzene rings is 1. The molecule has 1 aromatic rings. The van der Waals surface area contributed by atoms with Crippen LogP contribution in [0, 0.1) is 0 Å². The van der Waals surface area contributed by atoms with Crippen LogP contribution in [0.2, 0.25) is 0 Å². The molecule has 0 radical (unpaired) electrons. The molecule has 2 rings (SSSR count). The third kappa shape index (κ3) is 2.63. The molecule has 1 aromatic carbocycles. The number of hydrogen-bond acceptors (Lipinski definition) is 3. The molecule has 3 nitrogen and oxygen atoms in total. The molecule has 2 atom stereocenters. The van der Waals surface area contributed by atoms with E-state index in [0.717, 1.165) is 16.5 Å². The van der Waals surface area contributed by atoms with E-state index in [9.17, 15) is 0 Å². The van der Waals surface area contributed by atoms with Crippen LogP contribution in [0.5, 0.6) is 0 Å². The minimum absolute atomic E-state index is 0.00838. The Morgan fingerprint density at radius 1 is 1.56 bits per heavy atom. The standard InChI is InChI=1S/C12H16BrNO2/c1-12(5-6-14)15-8-11(16-12)9-3-2-4-10(13)7-9/h2-4,7,11H,5-6,8,14H2,1H3. The molecule has 1 aliphatic heterocycles. The van der Waals surface area contributed by atoms with Crippen molar-refractivity contribution in [2.45, 2.75) is 25.2 Å². The second-order valence-electron chi connectivity index (χ2n) is 4.14. The lowest BCUT2D eigenvalue weighted by Crippen LogP contribution is -2.28. The minimum atomic E-state index is -0.526. The molecule has 0 saturated carbocycles. The van der Waals surface area contributed by atoms with Gasteiger partial charge in [0.25, 0.3) is 0 Å². The van der Waals surface area contributed by atoms with Crippen LogP contribution in [0.4, 0.5) is 0 Å². The molecule has 1 fully saturated rings. The van der Waals surface area contributed by atoms with Crippen LogP contribution in [-0.4, -0.2) is 18.9 Å². The molecular weight excluding hydrogens is 270 g/mol. The van der Waals surface area contributed by atoms with Gasteiger partial charge in [0, 0.05) is 10.9 Å². The lowest BCUT2D eigenvalue weighted by molar-refractivity contribution is -0.157. The summed E-state index contributed by atoms with van der Waals surface area (Å²) >= 11 is 3.45. The Labute approximate surface area is 104 Å². The predicted octanol–water partition coefficient (Wildman–Crippen LogP) is 2.60. The summed E-state index contributed by atoms with van der Waals surface area (Å²) in [4.78, 5) is 0. The van der Waals surface area contributed by atoms with Gasteiger partial charge in [-0.25, -0.2) is 0 Å². The van der Waals surface area contributed by atoms with Gasteiger partial charge < -0.3 is 15.2 Å². The Morgan fingerprint density at radius 2 is 2.38 bits per heavy atom. The van der Waals surface area contributed by atoms with Crippen molar-refractivity contribution in [2.75, 3.05) is 13.2 Å². The van der Waals surface area contributed by atoms with Gasteiger partial charge in [0.15, 0.2) is 5.79 Å². The predicted molar refractivity (Wildman–Crippen MR) is 66.0 cm³/mol. The zero-order valence-electron chi connectivity index (χ0n) is 9.28. The number of rotatable bonds is 3. The van der Waals surface area contributed by atoms with Gasteiger partial charge >= 0.3 is 0 Å². The molecule has 2 N–H and O–H groups in total. The highest BCUT2D eigenvalue weighted by molar-refractivity contribution is 9.10. The third-order valence-electron chi connectivity index (χ3n) is 2.75. The van der Waals surface area contributed by atoms with Crippen LogP contribution in [0.3, 0.4) is 0 Å². The summed E-state index contributed by atoms with van der Waals surface area (Å²) in [5.41, 5.74) is 6.67. The number of hydrogen-bond donors (Lipinski definition) is 1. The normalized spacial score (nSPS) is 29.6. The first-order chi connectivity index (χ1) is 7.63. The highest BCUT2D eigenvalue weighted by atomic mass is 79.9. The molecule has 0 amide bonds. The Kier molecular flexibility index (Phi) is 3.64. The summed E-state index contributed by atoms with van der Waals surface area (Å²) in [5.74, 6) is -0.526. The fourth-order valence-electron chi connectivity index (χ4n) is 1.89. The van der Waals surface area contributed by atoms with E-state index in [-0.39, 0.29) is 6.10 Å². The average molecular weight is 286 g/mol. The first-order valence-electron chi connectivity index (χ1n) is 5.40. The van der Waals surface area contributed by atoms with E-state index < -0.39 is 5.79 Å². The van der Waals surface area contributed by atoms with Crippen LogP contribution in [0.15, 0.2) is 28.7 Å². The van der Waals surface area contributed by atoms with Crippen molar-refractivity contribution in [1.29, 1.82) is 0 Å². The van der Waals surface area contributed by atoms with Crippen LogP contribution in [-0.2, 0) is 9.47 Å². The first kappa shape index (κ1) is 12.0. The van der Waals surface area contributed by atoms with Crippen LogP contribution in [0.1, 0.15) is 25.0 Å². The van der Waals surface area contributed by atoms with Crippen molar-refractivity contribution in [1.82, 2.24) is 0 Å². The number of halogens is 1. The molecule has 88 valence electrons. The second kappa shape index (κ2) is 4.84. The smallest absolute Gasteiger partial charge is 0.167 e. The van der Waals surface area contributed by atoms with E-state index >= 15 is 0 Å². The van der Waals surface area contributed by atoms with Gasteiger partial charge in [0.1, 0.15) is 6.10 Å². The molecule has 0 aromatic heterocycles. The number of ether oxygens (including phenoxy) is 2. The summed E-state index contributed by atoms with van der Waals surface area (Å²) in [6.45, 7) is 3.10. The largest absolute Gasteiger partial charge is 0.347 e. The summed E-state index contributed by atoms with van der Waals surface area (Å²) in [7, 11) is 0. The molecular formula is C12H16BrNO2. The van der Waals surface area contributed by atoms with Crippen molar-refractivity contribution in [2.24, 2.45) is 5.73 Å². The molecule has 16 heavy (non-hydrogen) atoms. The van der Waals surface area contributed by atoms with Crippen LogP contribution < -0.4 is 5.73 Å². The van der Waals surface area contributed by atoms with Crippen molar-refractivity contribution >= 4 is 15.9 Å². The van der Waals surface area contributed by atoms with E-state index in [4.69, 9.17) is 15.2 Å². The van der Waals surface area contributed by atoms with Gasteiger partial charge in [-0.1, -0.05) is 28.1 Å². The molecule has 4 heteroatoms. The van der Waals surface area contributed by atoms with Crippen LogP contribution in [0.25, 0.3) is 0 Å². The second-order valence-corrected chi connectivity index (χ2v) is 5.06. The van der Waals surface area contributed by atoms with Gasteiger partial charge in [-0.2, -0.15) is 0 Å². The summed E-state index contributed by atoms with van der Waals surface area (Å²) in [6.07, 6.45) is 0.728. The lowest BCUT2D eigenvalue weighted by Gasteiger charge is -2.22. The fraction of sp³-hybridized carbons (Fsp3) is 0.500. The van der Waals surface area contributed by atoms with Crippen molar-refractivity contribution in [3.8, 4) is 0 Å². The zero-order chi connectivity index (χ0) is 11.6. The third-order valence-corrected chi connectivity index (χ3v) is 3.24. The Bertz CT molecular complexity index is 372. The molecule has 1 aliphatic rings. The molecule has 1 saturated heterocycles. The van der Waals surface area contributed by atoms with Gasteiger partial charge in [-0.3, -0.25) is 0 Å². The SMILES string of the molecule is CC1(CCN)OCC(c2cccc(Br)c2)O1. The number of nitrogens with two attached hydrogens (primary N) is 1. The fourth-order valence-corrected chi connectivity index (χ4v) is 2.30. The maximum Gasteiger partial charge on any atom is 0.167 e. The maximum atomic E-state index is 5.91. The van der Waals surface area contributed by atoms with Crippen molar-refractivity contribution < 1.29 is 9.47 Å². The van der Waals surface area contributed by atoms with Crippen molar-refractivity contribution in [3.63, 3.8) is 0 Å². The maximum absolute atomic E-state index is 5.91. The molecule has 0 aliphatic carbocycles. The highest BCUT2D eigenvalue weighted by Crippen LogP contribution is 2.35. The summed E-state index contributed by atoms with van der Waals surface area (Å²) in [5, 5.41) is 0. The lowest BCUT2D eigenvalue weighted by atomic mass is 10.1. The minimum Gasteiger partial charge on any atom is -0.347 e. The quantitative estimate of drug-likeness (QED) is 0.929. The van der Waals surface area contributed by atoms with Crippen molar-refractivity contribution in [3.05, 3.63) is 34.3 Å². The monoisotopic (exact) mass is 285 g/mol. The Hall–Kier alpha value is -0.420. The van der Waals surface area contributed by atoms with Gasteiger partial charge in [0.2, 0.25) is 0 Å². The molecule has 1 heterocycles. The first-order valence-corrected chi connectivity index (χ1v) is 6.19. The van der Waals surface area contributed by atoms with Gasteiger partial charge in [-0.15, -0.1) is 0 Å². The van der Waals surface area contributed by atoms with E-state index in [0.29, 0.717) is 13.2 Å². The average Bonchev–Trinajstić information content (AvgIpc) is 2.61. The zero-order valence-corrected chi connectivity index (χ0v) is 10.9. The van der Waals surface area contributed by atoms with Crippen LogP contribution >= 0.6 is 15.9 Å². The molecule has 0 spiro atoms. The van der Waals surface area contributed by atoms with E-state index in [1.165, 1.54) is 0 Å². The summed E-state index contributed by atoms with van der Waals surface area (Å²) < 4.78 is 12.6. The Morgan fingerprint density at radius 3 is 3.06 bits per heavy atom.